The van der Waals surface area contributed by atoms with Gasteiger partial charge in [0, 0.05) is 25.7 Å². The Labute approximate surface area is 110 Å². The number of nitrogens with two attached hydrogens (primary N) is 1. The molecule has 3 atom stereocenters. The Kier molecular flexibility index (Phi) is 4.62. The number of hydrogen-bond donors (Lipinski definition) is 1. The predicted octanol–water partition coefficient (Wildman–Crippen LogP) is 1.06. The molecule has 2 aliphatic rings. The molecular formula is C14H27N3O. The van der Waals surface area contributed by atoms with Crippen molar-refractivity contribution < 1.29 is 4.79 Å². The van der Waals surface area contributed by atoms with Gasteiger partial charge in [-0.15, -0.1) is 0 Å². The topological polar surface area (TPSA) is 49.6 Å². The monoisotopic (exact) mass is 253 g/mol. The Bertz CT molecular complexity index is 289. The average Bonchev–Trinajstić information content (AvgIpc) is 2.90. The summed E-state index contributed by atoms with van der Waals surface area (Å²) in [6.45, 7) is 7.92. The predicted molar refractivity (Wildman–Crippen MR) is 73.2 cm³/mol. The quantitative estimate of drug-likeness (QED) is 0.818. The molecule has 4 nitrogen and oxygen atoms in total. The van der Waals surface area contributed by atoms with E-state index in [0.29, 0.717) is 18.5 Å². The fraction of sp³-hybridized carbons (Fsp3) is 0.929. The molecule has 0 radical (unpaired) electrons. The molecule has 0 saturated carbocycles. The van der Waals surface area contributed by atoms with Gasteiger partial charge in [0.1, 0.15) is 0 Å². The van der Waals surface area contributed by atoms with Crippen LogP contribution in [0.4, 0.5) is 0 Å². The van der Waals surface area contributed by atoms with E-state index in [1.165, 1.54) is 6.42 Å². The van der Waals surface area contributed by atoms with Gasteiger partial charge in [0.2, 0.25) is 5.91 Å². The van der Waals surface area contributed by atoms with Crippen LogP contribution in [-0.2, 0) is 4.79 Å². The van der Waals surface area contributed by atoms with Gasteiger partial charge in [-0.1, -0.05) is 6.92 Å². The molecule has 2 aliphatic heterocycles. The van der Waals surface area contributed by atoms with E-state index in [4.69, 9.17) is 5.73 Å². The first kappa shape index (κ1) is 13.8. The van der Waals surface area contributed by atoms with Crippen molar-refractivity contribution in [1.82, 2.24) is 9.80 Å². The smallest absolute Gasteiger partial charge is 0.239 e. The highest BCUT2D eigenvalue weighted by Crippen LogP contribution is 2.25. The number of amides is 1. The van der Waals surface area contributed by atoms with E-state index >= 15 is 0 Å². The molecule has 0 aromatic carbocycles. The summed E-state index contributed by atoms with van der Waals surface area (Å²) in [6.07, 6.45) is 4.65. The third kappa shape index (κ3) is 2.86. The lowest BCUT2D eigenvalue weighted by molar-refractivity contribution is -0.137. The number of likely N-dealkylation sites (tertiary alicyclic amines) is 2. The number of carbonyl (C=O) groups is 1. The summed E-state index contributed by atoms with van der Waals surface area (Å²) in [6, 6.07) is 0.388. The number of piperidine rings is 1. The maximum absolute atomic E-state index is 12.4. The van der Waals surface area contributed by atoms with Crippen LogP contribution in [0.2, 0.25) is 0 Å². The van der Waals surface area contributed by atoms with E-state index in [2.05, 4.69) is 18.7 Å². The van der Waals surface area contributed by atoms with E-state index in [-0.39, 0.29) is 6.04 Å². The van der Waals surface area contributed by atoms with Gasteiger partial charge in [0.05, 0.1) is 6.04 Å². The summed E-state index contributed by atoms with van der Waals surface area (Å²) in [7, 11) is 0. The maximum atomic E-state index is 12.4. The maximum Gasteiger partial charge on any atom is 0.239 e. The van der Waals surface area contributed by atoms with Crippen LogP contribution in [-0.4, -0.2) is 54.0 Å². The standard InChI is InChI=1S/C14H27N3O/c1-11-5-8-17(13(9-11)10-15)12(2)14(18)16-6-3-4-7-16/h11-13H,3-10,15H2,1-2H3. The molecule has 2 fully saturated rings. The Hall–Kier alpha value is -0.610. The SMILES string of the molecule is CC1CCN(C(C)C(=O)N2CCCC2)C(CN)C1. The third-order valence-corrected chi connectivity index (χ3v) is 4.57. The van der Waals surface area contributed by atoms with Crippen molar-refractivity contribution in [2.45, 2.75) is 51.6 Å². The second-order valence-electron chi connectivity index (χ2n) is 5.97. The highest BCUT2D eigenvalue weighted by molar-refractivity contribution is 5.81. The van der Waals surface area contributed by atoms with Gasteiger partial charge < -0.3 is 10.6 Å². The van der Waals surface area contributed by atoms with Crippen LogP contribution in [0.1, 0.15) is 39.5 Å². The van der Waals surface area contributed by atoms with Crippen LogP contribution in [0.5, 0.6) is 0 Å². The van der Waals surface area contributed by atoms with Crippen molar-refractivity contribution in [3.05, 3.63) is 0 Å². The molecule has 0 bridgehead atoms. The summed E-state index contributed by atoms with van der Waals surface area (Å²) in [5.41, 5.74) is 5.88. The fourth-order valence-electron chi connectivity index (χ4n) is 3.35. The molecule has 104 valence electrons. The van der Waals surface area contributed by atoms with Crippen molar-refractivity contribution in [3.63, 3.8) is 0 Å². The molecule has 3 unspecified atom stereocenters. The van der Waals surface area contributed by atoms with Crippen molar-refractivity contribution in [3.8, 4) is 0 Å². The van der Waals surface area contributed by atoms with Gasteiger partial charge in [-0.2, -0.15) is 0 Å². The van der Waals surface area contributed by atoms with Crippen molar-refractivity contribution >= 4 is 5.91 Å². The van der Waals surface area contributed by atoms with Gasteiger partial charge >= 0.3 is 0 Å². The molecular weight excluding hydrogens is 226 g/mol. The number of carbonyl (C=O) groups excluding carboxylic acids is 1. The van der Waals surface area contributed by atoms with Crippen LogP contribution >= 0.6 is 0 Å². The minimum atomic E-state index is 0.00384. The van der Waals surface area contributed by atoms with Crippen molar-refractivity contribution in [2.75, 3.05) is 26.2 Å². The molecule has 18 heavy (non-hydrogen) atoms. The normalized spacial score (nSPS) is 31.6. The summed E-state index contributed by atoms with van der Waals surface area (Å²) in [5.74, 6) is 1.05. The molecule has 2 rings (SSSR count). The third-order valence-electron chi connectivity index (χ3n) is 4.57. The summed E-state index contributed by atoms with van der Waals surface area (Å²) in [5, 5.41) is 0. The van der Waals surface area contributed by atoms with E-state index in [1.54, 1.807) is 0 Å². The van der Waals surface area contributed by atoms with Gasteiger partial charge in [0.25, 0.3) is 0 Å². The summed E-state index contributed by atoms with van der Waals surface area (Å²) < 4.78 is 0. The zero-order chi connectivity index (χ0) is 13.1. The highest BCUT2D eigenvalue weighted by Gasteiger charge is 2.34. The van der Waals surface area contributed by atoms with Crippen LogP contribution in [0.25, 0.3) is 0 Å². The largest absolute Gasteiger partial charge is 0.341 e. The van der Waals surface area contributed by atoms with Gasteiger partial charge in [-0.05, 0) is 45.1 Å². The number of hydrogen-bond acceptors (Lipinski definition) is 3. The van der Waals surface area contributed by atoms with Gasteiger partial charge in [0.15, 0.2) is 0 Å². The molecule has 0 aromatic heterocycles. The molecule has 4 heteroatoms. The minimum Gasteiger partial charge on any atom is -0.341 e. The van der Waals surface area contributed by atoms with Crippen LogP contribution in [0.15, 0.2) is 0 Å². The van der Waals surface area contributed by atoms with E-state index in [9.17, 15) is 4.79 Å². The molecule has 2 N–H and O–H groups in total. The lowest BCUT2D eigenvalue weighted by Gasteiger charge is -2.41. The molecule has 1 amide bonds. The average molecular weight is 253 g/mol. The Morgan fingerprint density at radius 3 is 2.61 bits per heavy atom. The molecule has 2 saturated heterocycles. The highest BCUT2D eigenvalue weighted by atomic mass is 16.2. The Morgan fingerprint density at radius 1 is 1.33 bits per heavy atom. The fourth-order valence-corrected chi connectivity index (χ4v) is 3.35. The zero-order valence-electron chi connectivity index (χ0n) is 11.8. The summed E-state index contributed by atoms with van der Waals surface area (Å²) >= 11 is 0. The first-order valence-electron chi connectivity index (χ1n) is 7.38. The second-order valence-corrected chi connectivity index (χ2v) is 5.97. The van der Waals surface area contributed by atoms with Crippen molar-refractivity contribution in [1.29, 1.82) is 0 Å². The lowest BCUT2D eigenvalue weighted by Crippen LogP contribution is -2.55. The van der Waals surface area contributed by atoms with Crippen LogP contribution in [0.3, 0.4) is 0 Å². The van der Waals surface area contributed by atoms with Crippen molar-refractivity contribution in [2.24, 2.45) is 11.7 Å². The lowest BCUT2D eigenvalue weighted by atomic mass is 9.91. The van der Waals surface area contributed by atoms with Gasteiger partial charge in [-0.25, -0.2) is 0 Å². The minimum absolute atomic E-state index is 0.00384. The van der Waals surface area contributed by atoms with Crippen LogP contribution < -0.4 is 5.73 Å². The molecule has 2 heterocycles. The van der Waals surface area contributed by atoms with E-state index < -0.39 is 0 Å². The van der Waals surface area contributed by atoms with E-state index in [0.717, 1.165) is 44.8 Å². The van der Waals surface area contributed by atoms with E-state index in [1.807, 2.05) is 4.90 Å². The number of rotatable bonds is 3. The molecule has 0 spiro atoms. The Morgan fingerprint density at radius 2 is 2.00 bits per heavy atom. The number of nitrogens with zero attached hydrogens (tertiary/aromatic N) is 2. The van der Waals surface area contributed by atoms with Gasteiger partial charge in [-0.3, -0.25) is 9.69 Å². The molecule has 0 aromatic rings. The molecule has 0 aliphatic carbocycles. The first-order chi connectivity index (χ1) is 8.63. The summed E-state index contributed by atoms with van der Waals surface area (Å²) in [4.78, 5) is 16.8. The first-order valence-corrected chi connectivity index (χ1v) is 7.38. The van der Waals surface area contributed by atoms with Crippen LogP contribution in [0, 0.1) is 5.92 Å². The zero-order valence-corrected chi connectivity index (χ0v) is 11.8. The Balaban J connectivity index is 1.97. The second kappa shape index (κ2) is 6.02.